The first kappa shape index (κ1) is 16.5. The van der Waals surface area contributed by atoms with Crippen LogP contribution in [0.4, 0.5) is 0 Å². The lowest BCUT2D eigenvalue weighted by atomic mass is 9.74. The lowest BCUT2D eigenvalue weighted by Gasteiger charge is -2.37. The molecular weight excluding hydrogens is 258 g/mol. The molecule has 1 heterocycles. The van der Waals surface area contributed by atoms with Crippen LogP contribution in [-0.2, 0) is 6.42 Å². The van der Waals surface area contributed by atoms with Gasteiger partial charge in [0.25, 0.3) is 0 Å². The summed E-state index contributed by atoms with van der Waals surface area (Å²) in [4.78, 5) is 0. The molecule has 0 saturated heterocycles. The Hall–Kier alpha value is -0.830. The number of hydrogen-bond donors (Lipinski definition) is 1. The second-order valence-corrected chi connectivity index (χ2v) is 7.01. The molecule has 1 aromatic rings. The summed E-state index contributed by atoms with van der Waals surface area (Å²) in [6.45, 7) is 10.1. The molecule has 1 atom stereocenters. The first-order valence-electron chi connectivity index (χ1n) is 8.88. The summed E-state index contributed by atoms with van der Waals surface area (Å²) in [5.41, 5.74) is 1.74. The molecule has 0 bridgehead atoms. The predicted molar refractivity (Wildman–Crippen MR) is 89.6 cm³/mol. The average Bonchev–Trinajstić information content (AvgIpc) is 3.13. The lowest BCUT2D eigenvalue weighted by molar-refractivity contribution is 0.183. The topological polar surface area (TPSA) is 29.9 Å². The number of nitrogens with zero attached hydrogens (tertiary/aromatic N) is 2. The number of aromatic nitrogens is 2. The minimum atomic E-state index is 0.451. The fraction of sp³-hybridized carbons (Fsp3) is 0.833. The molecule has 1 aromatic heterocycles. The summed E-state index contributed by atoms with van der Waals surface area (Å²) in [6, 6.07) is 3.24. The van der Waals surface area contributed by atoms with Crippen LogP contribution in [0.2, 0.25) is 0 Å². The van der Waals surface area contributed by atoms with Crippen LogP contribution in [0.25, 0.3) is 0 Å². The number of hydrogen-bond acceptors (Lipinski definition) is 2. The molecule has 1 aliphatic rings. The van der Waals surface area contributed by atoms with Crippen molar-refractivity contribution in [3.8, 4) is 0 Å². The maximum absolute atomic E-state index is 4.77. The first-order valence-corrected chi connectivity index (χ1v) is 8.88. The Balaban J connectivity index is 2.11. The molecule has 1 unspecified atom stereocenters. The van der Waals surface area contributed by atoms with Gasteiger partial charge in [-0.1, -0.05) is 26.7 Å². The number of nitrogens with one attached hydrogen (secondary N) is 1. The highest BCUT2D eigenvalue weighted by atomic mass is 15.3. The molecule has 0 spiro atoms. The van der Waals surface area contributed by atoms with Gasteiger partial charge in [-0.05, 0) is 57.6 Å². The van der Waals surface area contributed by atoms with Crippen molar-refractivity contribution in [3.05, 3.63) is 18.0 Å². The maximum atomic E-state index is 4.77. The Morgan fingerprint density at radius 1 is 1.29 bits per heavy atom. The van der Waals surface area contributed by atoms with Gasteiger partial charge in [0.15, 0.2) is 0 Å². The molecule has 120 valence electrons. The molecule has 21 heavy (non-hydrogen) atoms. The van der Waals surface area contributed by atoms with E-state index in [-0.39, 0.29) is 0 Å². The maximum Gasteiger partial charge on any atom is 0.0640 e. The van der Waals surface area contributed by atoms with Crippen molar-refractivity contribution in [2.24, 2.45) is 5.41 Å². The van der Waals surface area contributed by atoms with Gasteiger partial charge >= 0.3 is 0 Å². The molecule has 1 saturated carbocycles. The highest BCUT2D eigenvalue weighted by Gasteiger charge is 2.39. The van der Waals surface area contributed by atoms with E-state index in [1.165, 1.54) is 44.2 Å². The molecule has 1 aliphatic carbocycles. The monoisotopic (exact) mass is 291 g/mol. The van der Waals surface area contributed by atoms with Crippen LogP contribution >= 0.6 is 0 Å². The van der Waals surface area contributed by atoms with Crippen LogP contribution in [0.1, 0.15) is 78.0 Å². The molecule has 0 aliphatic heterocycles. The SMILES string of the molecule is CCCNC(Cc1ccn(C(C)C)n1)C1(CC)CCCC1. The van der Waals surface area contributed by atoms with E-state index in [4.69, 9.17) is 5.10 Å². The highest BCUT2D eigenvalue weighted by Crippen LogP contribution is 2.44. The van der Waals surface area contributed by atoms with Crippen LogP contribution in [0.5, 0.6) is 0 Å². The molecular formula is C18H33N3. The van der Waals surface area contributed by atoms with Gasteiger partial charge in [0.05, 0.1) is 5.69 Å². The van der Waals surface area contributed by atoms with Crippen molar-refractivity contribution in [2.45, 2.75) is 84.7 Å². The second-order valence-electron chi connectivity index (χ2n) is 7.01. The van der Waals surface area contributed by atoms with E-state index in [9.17, 15) is 0 Å². The molecule has 1 N–H and O–H groups in total. The fourth-order valence-electron chi connectivity index (χ4n) is 3.83. The van der Waals surface area contributed by atoms with E-state index in [1.54, 1.807) is 0 Å². The molecule has 0 amide bonds. The van der Waals surface area contributed by atoms with E-state index in [0.717, 1.165) is 13.0 Å². The molecule has 1 fully saturated rings. The van der Waals surface area contributed by atoms with Crippen molar-refractivity contribution in [2.75, 3.05) is 6.54 Å². The van der Waals surface area contributed by atoms with Gasteiger partial charge in [-0.3, -0.25) is 4.68 Å². The number of rotatable bonds is 8. The van der Waals surface area contributed by atoms with E-state index in [1.807, 2.05) is 0 Å². The summed E-state index contributed by atoms with van der Waals surface area (Å²) < 4.78 is 2.08. The Bertz CT molecular complexity index is 416. The van der Waals surface area contributed by atoms with Crippen molar-refractivity contribution < 1.29 is 0 Å². The Kier molecular flexibility index (Phi) is 5.86. The van der Waals surface area contributed by atoms with Crippen molar-refractivity contribution in [1.29, 1.82) is 0 Å². The van der Waals surface area contributed by atoms with E-state index < -0.39 is 0 Å². The highest BCUT2D eigenvalue weighted by molar-refractivity contribution is 5.06. The van der Waals surface area contributed by atoms with E-state index >= 15 is 0 Å². The van der Waals surface area contributed by atoms with Gasteiger partial charge in [0, 0.05) is 24.7 Å². The summed E-state index contributed by atoms with van der Waals surface area (Å²) in [7, 11) is 0. The second kappa shape index (κ2) is 7.44. The third kappa shape index (κ3) is 3.88. The van der Waals surface area contributed by atoms with Gasteiger partial charge in [0.1, 0.15) is 0 Å². The largest absolute Gasteiger partial charge is 0.313 e. The zero-order valence-corrected chi connectivity index (χ0v) is 14.4. The fourth-order valence-corrected chi connectivity index (χ4v) is 3.83. The molecule has 0 aromatic carbocycles. The summed E-state index contributed by atoms with van der Waals surface area (Å²) in [6.07, 6.45) is 11.3. The van der Waals surface area contributed by atoms with E-state index in [0.29, 0.717) is 17.5 Å². The summed E-state index contributed by atoms with van der Waals surface area (Å²) in [5.74, 6) is 0. The lowest BCUT2D eigenvalue weighted by Crippen LogP contribution is -2.45. The van der Waals surface area contributed by atoms with Crippen LogP contribution < -0.4 is 5.32 Å². The third-order valence-electron chi connectivity index (χ3n) is 5.29. The van der Waals surface area contributed by atoms with Crippen LogP contribution in [0, 0.1) is 5.41 Å². The zero-order valence-electron chi connectivity index (χ0n) is 14.4. The minimum absolute atomic E-state index is 0.451. The molecule has 3 nitrogen and oxygen atoms in total. The quantitative estimate of drug-likeness (QED) is 0.772. The van der Waals surface area contributed by atoms with Gasteiger partial charge in [-0.25, -0.2) is 0 Å². The van der Waals surface area contributed by atoms with Gasteiger partial charge < -0.3 is 5.32 Å². The molecule has 3 heteroatoms. The van der Waals surface area contributed by atoms with Gasteiger partial charge in [-0.15, -0.1) is 0 Å². The van der Waals surface area contributed by atoms with Crippen LogP contribution in [-0.4, -0.2) is 22.4 Å². The third-order valence-corrected chi connectivity index (χ3v) is 5.29. The standard InChI is InChI=1S/C18H33N3/c1-5-12-19-17(18(6-2)10-7-8-11-18)14-16-9-13-21(20-16)15(3)4/h9,13,15,17,19H,5-8,10-12,14H2,1-4H3. The molecule has 0 radical (unpaired) electrons. The minimum Gasteiger partial charge on any atom is -0.313 e. The normalized spacial score (nSPS) is 19.3. The summed E-state index contributed by atoms with van der Waals surface area (Å²) >= 11 is 0. The van der Waals surface area contributed by atoms with Crippen molar-refractivity contribution in [1.82, 2.24) is 15.1 Å². The molecule has 2 rings (SSSR count). The Morgan fingerprint density at radius 2 is 2.00 bits per heavy atom. The average molecular weight is 291 g/mol. The van der Waals surface area contributed by atoms with Crippen LogP contribution in [0.15, 0.2) is 12.3 Å². The summed E-state index contributed by atoms with van der Waals surface area (Å²) in [5, 5.41) is 8.61. The first-order chi connectivity index (χ1) is 10.1. The zero-order chi connectivity index (χ0) is 15.3. The van der Waals surface area contributed by atoms with Gasteiger partial charge in [0.2, 0.25) is 0 Å². The Labute approximate surface area is 130 Å². The van der Waals surface area contributed by atoms with Gasteiger partial charge in [-0.2, -0.15) is 5.10 Å². The Morgan fingerprint density at radius 3 is 2.52 bits per heavy atom. The van der Waals surface area contributed by atoms with E-state index in [2.05, 4.69) is 50.0 Å². The predicted octanol–water partition coefficient (Wildman–Crippen LogP) is 4.35. The van der Waals surface area contributed by atoms with Crippen LogP contribution in [0.3, 0.4) is 0 Å². The smallest absolute Gasteiger partial charge is 0.0640 e. The van der Waals surface area contributed by atoms with Crippen molar-refractivity contribution in [3.63, 3.8) is 0 Å². The van der Waals surface area contributed by atoms with Crippen molar-refractivity contribution >= 4 is 0 Å².